The summed E-state index contributed by atoms with van der Waals surface area (Å²) in [5, 5.41) is 8.98. The van der Waals surface area contributed by atoms with Gasteiger partial charge in [0.1, 0.15) is 12.7 Å². The Morgan fingerprint density at radius 2 is 1.20 bits per heavy atom. The number of aromatic nitrogens is 3. The van der Waals surface area contributed by atoms with Crippen LogP contribution in [0.15, 0.2) is 43.0 Å². The van der Waals surface area contributed by atoms with Crippen molar-refractivity contribution in [1.82, 2.24) is 9.97 Å². The van der Waals surface area contributed by atoms with E-state index in [1.807, 2.05) is 4.57 Å². The van der Waals surface area contributed by atoms with Crippen LogP contribution in [0, 0.1) is 0 Å². The zero-order valence-corrected chi connectivity index (χ0v) is 27.2. The second-order valence-corrected chi connectivity index (χ2v) is 11.5. The highest BCUT2D eigenvalue weighted by Crippen LogP contribution is 2.14. The summed E-state index contributed by atoms with van der Waals surface area (Å²) in [5.41, 5.74) is 0.266. The van der Waals surface area contributed by atoms with Crippen LogP contribution in [0.2, 0.25) is 0 Å². The zero-order valence-electron chi connectivity index (χ0n) is 27.2. The Hall–Kier alpha value is -2.62. The highest BCUT2D eigenvalue weighted by molar-refractivity contribution is 5.87. The van der Waals surface area contributed by atoms with Gasteiger partial charge in [-0.25, -0.2) is 19.3 Å². The van der Waals surface area contributed by atoms with Gasteiger partial charge in [0, 0.05) is 31.1 Å². The maximum absolute atomic E-state index is 10.9. The molecule has 1 atom stereocenters. The Bertz CT molecular complexity index is 932. The molecule has 9 heteroatoms. The number of hydrogen-bond acceptors (Lipinski definition) is 7. The van der Waals surface area contributed by atoms with E-state index in [9.17, 15) is 4.79 Å². The van der Waals surface area contributed by atoms with E-state index in [0.717, 1.165) is 6.42 Å². The minimum atomic E-state index is -0.933. The Morgan fingerprint density at radius 1 is 0.705 bits per heavy atom. The van der Waals surface area contributed by atoms with Crippen LogP contribution < -0.4 is 9.30 Å². The fourth-order valence-electron chi connectivity index (χ4n) is 4.93. The standard InChI is InChI=1S/C35H57N3O6/c1-2-3-4-5-6-7-8-9-10-11-12-13-14-15-16-17-26-42-30-33(44-35-36-21-18-22-37-35)31-43-29-28-41-27-25-38-23-19-32(20-24-38)34(39)40/h18-24,33H,2-17,25-31H2,1H3/p+1. The summed E-state index contributed by atoms with van der Waals surface area (Å²) in [4.78, 5) is 19.3. The molecule has 2 rings (SSSR count). The van der Waals surface area contributed by atoms with Crippen LogP contribution in [-0.4, -0.2) is 66.8 Å². The molecule has 0 aliphatic heterocycles. The van der Waals surface area contributed by atoms with Gasteiger partial charge in [0.15, 0.2) is 18.9 Å². The van der Waals surface area contributed by atoms with Crippen molar-refractivity contribution < 1.29 is 33.4 Å². The Kier molecular flexibility index (Phi) is 22.8. The lowest BCUT2D eigenvalue weighted by Gasteiger charge is -2.18. The molecule has 0 spiro atoms. The zero-order chi connectivity index (χ0) is 31.3. The number of ether oxygens (including phenoxy) is 4. The van der Waals surface area contributed by atoms with E-state index in [1.165, 1.54) is 96.3 Å². The van der Waals surface area contributed by atoms with E-state index in [1.54, 1.807) is 43.0 Å². The monoisotopic (exact) mass is 616 g/mol. The second-order valence-electron chi connectivity index (χ2n) is 11.5. The molecule has 0 aliphatic carbocycles. The summed E-state index contributed by atoms with van der Waals surface area (Å²) in [5.74, 6) is -0.933. The average molecular weight is 617 g/mol. The van der Waals surface area contributed by atoms with Crippen molar-refractivity contribution in [3.63, 3.8) is 0 Å². The molecule has 0 saturated heterocycles. The first kappa shape index (κ1) is 37.6. The largest absolute Gasteiger partial charge is 0.478 e. The number of unbranched alkanes of at least 4 members (excludes halogenated alkanes) is 15. The first-order valence-electron chi connectivity index (χ1n) is 17.1. The van der Waals surface area contributed by atoms with Gasteiger partial charge in [0.2, 0.25) is 0 Å². The Balaban J connectivity index is 1.45. The van der Waals surface area contributed by atoms with Crippen LogP contribution >= 0.6 is 0 Å². The molecule has 1 N–H and O–H groups in total. The molecule has 9 nitrogen and oxygen atoms in total. The molecule has 0 aliphatic rings. The topological polar surface area (TPSA) is 104 Å². The van der Waals surface area contributed by atoms with E-state index in [-0.39, 0.29) is 11.7 Å². The third-order valence-corrected chi connectivity index (χ3v) is 7.57. The summed E-state index contributed by atoms with van der Waals surface area (Å²) >= 11 is 0. The summed E-state index contributed by atoms with van der Waals surface area (Å²) in [6.07, 6.45) is 28.1. The van der Waals surface area contributed by atoms with Gasteiger partial charge in [-0.2, -0.15) is 0 Å². The molecule has 0 radical (unpaired) electrons. The van der Waals surface area contributed by atoms with Crippen molar-refractivity contribution in [1.29, 1.82) is 0 Å². The molecule has 1 unspecified atom stereocenters. The van der Waals surface area contributed by atoms with Gasteiger partial charge in [0.05, 0.1) is 32.0 Å². The van der Waals surface area contributed by atoms with Gasteiger partial charge in [0.25, 0.3) is 0 Å². The number of pyridine rings is 1. The van der Waals surface area contributed by atoms with Crippen LogP contribution in [0.25, 0.3) is 0 Å². The summed E-state index contributed by atoms with van der Waals surface area (Å²) in [7, 11) is 0. The van der Waals surface area contributed by atoms with E-state index in [4.69, 9.17) is 24.1 Å². The molecule has 0 fully saturated rings. The highest BCUT2D eigenvalue weighted by Gasteiger charge is 2.13. The van der Waals surface area contributed by atoms with Crippen molar-refractivity contribution >= 4 is 5.97 Å². The minimum absolute atomic E-state index is 0.266. The predicted octanol–water partition coefficient (Wildman–Crippen LogP) is 7.22. The van der Waals surface area contributed by atoms with Crippen molar-refractivity contribution in [2.24, 2.45) is 0 Å². The molecule has 248 valence electrons. The first-order chi connectivity index (χ1) is 21.7. The Morgan fingerprint density at radius 3 is 1.75 bits per heavy atom. The second kappa shape index (κ2) is 26.8. The summed E-state index contributed by atoms with van der Waals surface area (Å²) < 4.78 is 25.2. The van der Waals surface area contributed by atoms with Gasteiger partial charge in [-0.1, -0.05) is 103 Å². The van der Waals surface area contributed by atoms with Gasteiger partial charge < -0.3 is 24.1 Å². The van der Waals surface area contributed by atoms with Crippen molar-refractivity contribution in [2.75, 3.05) is 39.6 Å². The average Bonchev–Trinajstić information content (AvgIpc) is 3.04. The molecule has 44 heavy (non-hydrogen) atoms. The van der Waals surface area contributed by atoms with Gasteiger partial charge in [-0.3, -0.25) is 0 Å². The van der Waals surface area contributed by atoms with Gasteiger partial charge >= 0.3 is 12.0 Å². The van der Waals surface area contributed by atoms with Crippen LogP contribution in [-0.2, 0) is 20.8 Å². The maximum atomic E-state index is 10.9. The third kappa shape index (κ3) is 20.4. The molecule has 2 heterocycles. The van der Waals surface area contributed by atoms with Crippen molar-refractivity contribution in [3.8, 4) is 6.01 Å². The lowest BCUT2D eigenvalue weighted by molar-refractivity contribution is -0.698. The fourth-order valence-corrected chi connectivity index (χ4v) is 4.93. The number of nitrogens with zero attached hydrogens (tertiary/aromatic N) is 3. The van der Waals surface area contributed by atoms with E-state index < -0.39 is 5.97 Å². The van der Waals surface area contributed by atoms with E-state index >= 15 is 0 Å². The summed E-state index contributed by atoms with van der Waals surface area (Å²) in [6.45, 7) is 5.77. The lowest BCUT2D eigenvalue weighted by atomic mass is 10.0. The molecule has 0 amide bonds. The smallest absolute Gasteiger partial charge is 0.336 e. The quantitative estimate of drug-likeness (QED) is 0.0725. The van der Waals surface area contributed by atoms with Crippen LogP contribution in [0.5, 0.6) is 6.01 Å². The van der Waals surface area contributed by atoms with Crippen LogP contribution in [0.1, 0.15) is 120 Å². The van der Waals surface area contributed by atoms with Crippen LogP contribution in [0.4, 0.5) is 0 Å². The maximum Gasteiger partial charge on any atom is 0.336 e. The number of carboxylic acids is 1. The third-order valence-electron chi connectivity index (χ3n) is 7.57. The number of rotatable bonds is 30. The SMILES string of the molecule is CCCCCCCCCCCCCCCCCCOCC(COCCOCC[n+]1ccc(C(=O)O)cc1)Oc1ncccn1. The van der Waals surface area contributed by atoms with Crippen LogP contribution in [0.3, 0.4) is 0 Å². The predicted molar refractivity (Wildman–Crippen MR) is 172 cm³/mol. The molecule has 0 bridgehead atoms. The van der Waals surface area contributed by atoms with Crippen molar-refractivity contribution in [2.45, 2.75) is 122 Å². The summed E-state index contributed by atoms with van der Waals surface area (Å²) in [6, 6.07) is 5.21. The molecule has 0 saturated carbocycles. The van der Waals surface area contributed by atoms with Gasteiger partial charge in [-0.15, -0.1) is 0 Å². The molecule has 0 aromatic carbocycles. The first-order valence-corrected chi connectivity index (χ1v) is 17.1. The van der Waals surface area contributed by atoms with Crippen molar-refractivity contribution in [3.05, 3.63) is 48.5 Å². The minimum Gasteiger partial charge on any atom is -0.478 e. The fraction of sp³-hybridized carbons (Fsp3) is 0.714. The van der Waals surface area contributed by atoms with E-state index in [2.05, 4.69) is 16.9 Å². The molecule has 2 aromatic rings. The molecular weight excluding hydrogens is 558 g/mol. The number of carbonyl (C=O) groups is 1. The lowest BCUT2D eigenvalue weighted by Crippen LogP contribution is -2.35. The highest BCUT2D eigenvalue weighted by atomic mass is 16.6. The molecule has 2 aromatic heterocycles. The van der Waals surface area contributed by atoms with Gasteiger partial charge in [-0.05, 0) is 12.5 Å². The molecular formula is C35H58N3O6+. The number of hydrogen-bond donors (Lipinski definition) is 1. The van der Waals surface area contributed by atoms with E-state index in [0.29, 0.717) is 52.2 Å². The normalized spacial score (nSPS) is 11.9. The number of aromatic carboxylic acids is 1. The Labute approximate surface area is 265 Å². The number of carboxylic acid groups (broad SMARTS) is 1.